The molecule has 1 unspecified atom stereocenters. The number of carbonyl (C=O) groups is 2. The molecule has 1 atom stereocenters. The number of rotatable bonds is 6. The minimum Gasteiger partial charge on any atom is -0.497 e. The molecule has 0 saturated carbocycles. The number of anilines is 1. The molecule has 2 amide bonds. The number of benzene rings is 2. The van der Waals surface area contributed by atoms with E-state index in [9.17, 15) is 9.59 Å². The summed E-state index contributed by atoms with van der Waals surface area (Å²) in [6, 6.07) is 13.2. The van der Waals surface area contributed by atoms with Crippen molar-refractivity contribution in [2.24, 2.45) is 5.92 Å². The van der Waals surface area contributed by atoms with Crippen molar-refractivity contribution in [1.82, 2.24) is 9.88 Å². The highest BCUT2D eigenvalue weighted by Crippen LogP contribution is 2.33. The smallest absolute Gasteiger partial charge is 0.274 e. The van der Waals surface area contributed by atoms with E-state index in [1.54, 1.807) is 19.1 Å². The first-order valence-corrected chi connectivity index (χ1v) is 12.2. The summed E-state index contributed by atoms with van der Waals surface area (Å²) in [5, 5.41) is 0.642. The van der Waals surface area contributed by atoms with Crippen LogP contribution in [0.4, 0.5) is 5.69 Å². The fraction of sp³-hybridized carbons (Fsp3) is 0.400. The van der Waals surface area contributed by atoms with Gasteiger partial charge in [0, 0.05) is 50.7 Å². The molecule has 2 aliphatic heterocycles. The van der Waals surface area contributed by atoms with Crippen LogP contribution in [0.15, 0.2) is 42.5 Å². The number of thiazole rings is 1. The van der Waals surface area contributed by atoms with Crippen molar-refractivity contribution in [3.63, 3.8) is 0 Å². The van der Waals surface area contributed by atoms with Crippen LogP contribution in [0.3, 0.4) is 0 Å². The van der Waals surface area contributed by atoms with Gasteiger partial charge in [-0.05, 0) is 30.3 Å². The number of nitrogens with zero attached hydrogens (tertiary/aromatic N) is 3. The van der Waals surface area contributed by atoms with Crippen LogP contribution in [0.2, 0.25) is 0 Å². The Morgan fingerprint density at radius 1 is 1.06 bits per heavy atom. The first kappa shape index (κ1) is 22.5. The van der Waals surface area contributed by atoms with Crippen molar-refractivity contribution in [3.05, 3.63) is 42.5 Å². The van der Waals surface area contributed by atoms with Crippen molar-refractivity contribution in [2.45, 2.75) is 25.4 Å². The van der Waals surface area contributed by atoms with Crippen LogP contribution < -0.4 is 19.1 Å². The van der Waals surface area contributed by atoms with Crippen LogP contribution in [0.1, 0.15) is 19.3 Å². The molecule has 0 N–H and O–H groups in total. The molecule has 2 saturated heterocycles. The molecule has 34 heavy (non-hydrogen) atoms. The summed E-state index contributed by atoms with van der Waals surface area (Å²) in [5.41, 5.74) is 1.65. The molecule has 0 bridgehead atoms. The number of amides is 2. The van der Waals surface area contributed by atoms with E-state index in [1.807, 2.05) is 47.4 Å². The van der Waals surface area contributed by atoms with E-state index < -0.39 is 0 Å². The average molecular weight is 482 g/mol. The summed E-state index contributed by atoms with van der Waals surface area (Å²) >= 11 is 1.50. The molecular weight excluding hydrogens is 454 g/mol. The van der Waals surface area contributed by atoms with E-state index in [2.05, 4.69) is 4.98 Å². The Morgan fingerprint density at radius 3 is 2.59 bits per heavy atom. The molecule has 3 aromatic rings. The fourth-order valence-corrected chi connectivity index (χ4v) is 5.47. The van der Waals surface area contributed by atoms with Crippen LogP contribution in [0.25, 0.3) is 10.2 Å². The molecule has 2 fully saturated rings. The highest BCUT2D eigenvalue weighted by atomic mass is 32.1. The van der Waals surface area contributed by atoms with Crippen molar-refractivity contribution in [3.8, 4) is 16.7 Å². The minimum atomic E-state index is -0.324. The van der Waals surface area contributed by atoms with Gasteiger partial charge in [-0.2, -0.15) is 0 Å². The molecule has 2 aliphatic rings. The standard InChI is InChI=1S/C25H27N3O5S/c1-31-19-5-3-4-17(13-19)28-15-16(12-23(28)29)24(30)27-10-8-18(9-11-27)33-25-26-21-7-6-20(32-2)14-22(21)34-25/h3-7,13-14,16,18H,8-12,15H2,1-2H3. The summed E-state index contributed by atoms with van der Waals surface area (Å²) in [4.78, 5) is 33.9. The van der Waals surface area contributed by atoms with Crippen LogP contribution in [0, 0.1) is 5.92 Å². The van der Waals surface area contributed by atoms with Gasteiger partial charge in [0.05, 0.1) is 30.4 Å². The number of aromatic nitrogens is 1. The van der Waals surface area contributed by atoms with Gasteiger partial charge in [0.1, 0.15) is 17.6 Å². The van der Waals surface area contributed by atoms with Gasteiger partial charge in [-0.25, -0.2) is 4.98 Å². The lowest BCUT2D eigenvalue weighted by atomic mass is 10.0. The second-order valence-corrected chi connectivity index (χ2v) is 9.56. The van der Waals surface area contributed by atoms with E-state index in [0.717, 1.165) is 34.5 Å². The quantitative estimate of drug-likeness (QED) is 0.534. The van der Waals surface area contributed by atoms with Crippen molar-refractivity contribution in [1.29, 1.82) is 0 Å². The molecule has 9 heteroatoms. The molecule has 178 valence electrons. The lowest BCUT2D eigenvalue weighted by Gasteiger charge is -2.33. The van der Waals surface area contributed by atoms with Gasteiger partial charge in [-0.15, -0.1) is 0 Å². The predicted octanol–water partition coefficient (Wildman–Crippen LogP) is 3.74. The summed E-state index contributed by atoms with van der Waals surface area (Å²) in [6.45, 7) is 1.63. The van der Waals surface area contributed by atoms with Gasteiger partial charge in [0.25, 0.3) is 5.19 Å². The number of ether oxygens (including phenoxy) is 3. The lowest BCUT2D eigenvalue weighted by Crippen LogP contribution is -2.44. The van der Waals surface area contributed by atoms with Crippen LogP contribution >= 0.6 is 11.3 Å². The van der Waals surface area contributed by atoms with Gasteiger partial charge in [-0.1, -0.05) is 17.4 Å². The molecule has 0 radical (unpaired) electrons. The summed E-state index contributed by atoms with van der Waals surface area (Å²) < 4.78 is 17.7. The molecule has 3 heterocycles. The predicted molar refractivity (Wildman–Crippen MR) is 130 cm³/mol. The maximum absolute atomic E-state index is 13.1. The summed E-state index contributed by atoms with van der Waals surface area (Å²) in [7, 11) is 3.24. The Labute approximate surface area is 202 Å². The fourth-order valence-electron chi connectivity index (χ4n) is 4.56. The Bertz CT molecular complexity index is 1200. The number of hydrogen-bond acceptors (Lipinski definition) is 7. The minimum absolute atomic E-state index is 0.0185. The Balaban J connectivity index is 1.16. The average Bonchev–Trinajstić information content (AvgIpc) is 3.46. The van der Waals surface area contributed by atoms with Gasteiger partial charge in [-0.3, -0.25) is 9.59 Å². The molecule has 0 aliphatic carbocycles. The SMILES string of the molecule is COc1cccc(N2CC(C(=O)N3CCC(Oc4nc5ccc(OC)cc5s4)CC3)CC2=O)c1. The molecule has 1 aromatic heterocycles. The molecule has 2 aromatic carbocycles. The van der Waals surface area contributed by atoms with Crippen molar-refractivity contribution < 1.29 is 23.8 Å². The number of fused-ring (bicyclic) bond motifs is 1. The second-order valence-electron chi connectivity index (χ2n) is 8.56. The number of methoxy groups -OCH3 is 2. The molecule has 0 spiro atoms. The van der Waals surface area contributed by atoms with E-state index in [-0.39, 0.29) is 30.3 Å². The van der Waals surface area contributed by atoms with Gasteiger partial charge < -0.3 is 24.0 Å². The van der Waals surface area contributed by atoms with Crippen molar-refractivity contribution in [2.75, 3.05) is 38.8 Å². The lowest BCUT2D eigenvalue weighted by molar-refractivity contribution is -0.137. The van der Waals surface area contributed by atoms with E-state index in [4.69, 9.17) is 14.2 Å². The number of piperidine rings is 1. The molecular formula is C25H27N3O5S. The van der Waals surface area contributed by atoms with E-state index in [0.29, 0.717) is 30.6 Å². The van der Waals surface area contributed by atoms with Crippen molar-refractivity contribution >= 4 is 39.1 Å². The second kappa shape index (κ2) is 9.50. The van der Waals surface area contributed by atoms with E-state index >= 15 is 0 Å². The number of carbonyl (C=O) groups excluding carboxylic acids is 2. The topological polar surface area (TPSA) is 81.2 Å². The maximum Gasteiger partial charge on any atom is 0.274 e. The van der Waals surface area contributed by atoms with Gasteiger partial charge in [0.15, 0.2) is 0 Å². The third kappa shape index (κ3) is 4.52. The van der Waals surface area contributed by atoms with Crippen LogP contribution in [-0.2, 0) is 9.59 Å². The first-order chi connectivity index (χ1) is 16.5. The zero-order valence-corrected chi connectivity index (χ0v) is 20.0. The van der Waals surface area contributed by atoms with Gasteiger partial charge >= 0.3 is 0 Å². The third-order valence-electron chi connectivity index (χ3n) is 6.44. The van der Waals surface area contributed by atoms with Crippen LogP contribution in [0.5, 0.6) is 16.7 Å². The maximum atomic E-state index is 13.1. The number of hydrogen-bond donors (Lipinski definition) is 0. The Kier molecular flexibility index (Phi) is 6.28. The first-order valence-electron chi connectivity index (χ1n) is 11.4. The van der Waals surface area contributed by atoms with Crippen LogP contribution in [-0.4, -0.2) is 61.7 Å². The zero-order chi connectivity index (χ0) is 23.7. The monoisotopic (exact) mass is 481 g/mol. The zero-order valence-electron chi connectivity index (χ0n) is 19.2. The van der Waals surface area contributed by atoms with Gasteiger partial charge in [0.2, 0.25) is 11.8 Å². The summed E-state index contributed by atoms with van der Waals surface area (Å²) in [5.74, 6) is 1.18. The Morgan fingerprint density at radius 2 is 1.82 bits per heavy atom. The normalized spacial score (nSPS) is 19.0. The van der Waals surface area contributed by atoms with E-state index in [1.165, 1.54) is 11.3 Å². The number of likely N-dealkylation sites (tertiary alicyclic amines) is 1. The molecule has 5 rings (SSSR count). The third-order valence-corrected chi connectivity index (χ3v) is 7.35. The Hall–Kier alpha value is -3.33. The summed E-state index contributed by atoms with van der Waals surface area (Å²) in [6.07, 6.45) is 1.74. The molecule has 8 nitrogen and oxygen atoms in total. The largest absolute Gasteiger partial charge is 0.497 e. The highest BCUT2D eigenvalue weighted by Gasteiger charge is 2.38. The highest BCUT2D eigenvalue weighted by molar-refractivity contribution is 7.20.